The Bertz CT molecular complexity index is 791. The number of carbonyl (C=O) groups is 3. The summed E-state index contributed by atoms with van der Waals surface area (Å²) in [4.78, 5) is 38.3. The van der Waals surface area contributed by atoms with E-state index in [4.69, 9.17) is 4.74 Å². The molecule has 1 aliphatic rings. The highest BCUT2D eigenvalue weighted by molar-refractivity contribution is 6.21. The molecule has 0 aliphatic carbocycles. The SMILES string of the molecule is COC(=O)C(Cc1ccc(C)cc1)CN1C(=O)c2ccccc2C1=O. The van der Waals surface area contributed by atoms with Gasteiger partial charge in [0.25, 0.3) is 11.8 Å². The van der Waals surface area contributed by atoms with E-state index >= 15 is 0 Å². The second-order valence-corrected chi connectivity index (χ2v) is 6.18. The van der Waals surface area contributed by atoms with Crippen molar-refractivity contribution in [3.8, 4) is 0 Å². The van der Waals surface area contributed by atoms with Gasteiger partial charge < -0.3 is 4.74 Å². The molecule has 1 aliphatic heterocycles. The molecule has 0 saturated heterocycles. The summed E-state index contributed by atoms with van der Waals surface area (Å²) in [5.74, 6) is -1.76. The average molecular weight is 337 g/mol. The summed E-state index contributed by atoms with van der Waals surface area (Å²) in [5.41, 5.74) is 2.84. The van der Waals surface area contributed by atoms with Crippen molar-refractivity contribution in [3.05, 3.63) is 70.8 Å². The third-order valence-electron chi connectivity index (χ3n) is 4.42. The first-order valence-corrected chi connectivity index (χ1v) is 8.10. The third-order valence-corrected chi connectivity index (χ3v) is 4.42. The molecule has 0 N–H and O–H groups in total. The largest absolute Gasteiger partial charge is 0.469 e. The number of esters is 1. The fraction of sp³-hybridized carbons (Fsp3) is 0.250. The summed E-state index contributed by atoms with van der Waals surface area (Å²) in [7, 11) is 1.31. The minimum absolute atomic E-state index is 0.00684. The normalized spacial score (nSPS) is 14.4. The lowest BCUT2D eigenvalue weighted by atomic mass is 9.98. The number of ether oxygens (including phenoxy) is 1. The fourth-order valence-corrected chi connectivity index (χ4v) is 3.02. The van der Waals surface area contributed by atoms with Gasteiger partial charge in [0.05, 0.1) is 24.2 Å². The van der Waals surface area contributed by atoms with Crippen LogP contribution < -0.4 is 0 Å². The van der Waals surface area contributed by atoms with E-state index < -0.39 is 11.9 Å². The number of rotatable bonds is 5. The topological polar surface area (TPSA) is 63.7 Å². The maximum Gasteiger partial charge on any atom is 0.310 e. The molecule has 1 unspecified atom stereocenters. The van der Waals surface area contributed by atoms with Crippen molar-refractivity contribution in [2.75, 3.05) is 13.7 Å². The molecule has 0 saturated carbocycles. The van der Waals surface area contributed by atoms with Gasteiger partial charge in [0.15, 0.2) is 0 Å². The summed E-state index contributed by atoms with van der Waals surface area (Å²) in [6.45, 7) is 1.99. The molecule has 2 amide bonds. The maximum atomic E-state index is 12.5. The van der Waals surface area contributed by atoms with Crippen molar-refractivity contribution in [1.29, 1.82) is 0 Å². The summed E-state index contributed by atoms with van der Waals surface area (Å²) in [6, 6.07) is 14.5. The Kier molecular flexibility index (Phi) is 4.65. The number of carbonyl (C=O) groups excluding carboxylic acids is 3. The molecule has 3 rings (SSSR count). The Labute approximate surface area is 146 Å². The minimum atomic E-state index is -0.602. The van der Waals surface area contributed by atoms with Crippen molar-refractivity contribution < 1.29 is 19.1 Å². The molecule has 0 bridgehead atoms. The van der Waals surface area contributed by atoms with Crippen molar-refractivity contribution >= 4 is 17.8 Å². The number of aryl methyl sites for hydroxylation is 1. The Morgan fingerprint density at radius 2 is 1.56 bits per heavy atom. The summed E-state index contributed by atoms with van der Waals surface area (Å²) < 4.78 is 4.88. The number of nitrogens with zero attached hydrogens (tertiary/aromatic N) is 1. The first-order valence-electron chi connectivity index (χ1n) is 8.10. The number of imide groups is 1. The van der Waals surface area contributed by atoms with Crippen LogP contribution in [0.15, 0.2) is 48.5 Å². The van der Waals surface area contributed by atoms with E-state index in [0.29, 0.717) is 17.5 Å². The zero-order chi connectivity index (χ0) is 18.0. The van der Waals surface area contributed by atoms with Gasteiger partial charge in [0.1, 0.15) is 0 Å². The van der Waals surface area contributed by atoms with Crippen LogP contribution in [0.1, 0.15) is 31.8 Å². The molecule has 0 fully saturated rings. The van der Waals surface area contributed by atoms with E-state index in [1.165, 1.54) is 7.11 Å². The van der Waals surface area contributed by atoms with E-state index in [1.807, 2.05) is 31.2 Å². The highest BCUT2D eigenvalue weighted by atomic mass is 16.5. The van der Waals surface area contributed by atoms with E-state index in [2.05, 4.69) is 0 Å². The van der Waals surface area contributed by atoms with Gasteiger partial charge in [-0.05, 0) is 31.0 Å². The van der Waals surface area contributed by atoms with Crippen molar-refractivity contribution in [3.63, 3.8) is 0 Å². The average Bonchev–Trinajstić information content (AvgIpc) is 2.87. The first kappa shape index (κ1) is 16.9. The summed E-state index contributed by atoms with van der Waals surface area (Å²) >= 11 is 0. The molecule has 5 nitrogen and oxygen atoms in total. The molecule has 0 radical (unpaired) electrons. The van der Waals surface area contributed by atoms with E-state index in [0.717, 1.165) is 16.0 Å². The Hall–Kier alpha value is -2.95. The van der Waals surface area contributed by atoms with Crippen molar-refractivity contribution in [2.24, 2.45) is 5.92 Å². The van der Waals surface area contributed by atoms with Gasteiger partial charge in [-0.1, -0.05) is 42.0 Å². The van der Waals surface area contributed by atoms with Gasteiger partial charge in [-0.15, -0.1) is 0 Å². The summed E-state index contributed by atoms with van der Waals surface area (Å²) in [5, 5.41) is 0. The minimum Gasteiger partial charge on any atom is -0.469 e. The lowest BCUT2D eigenvalue weighted by molar-refractivity contribution is -0.145. The molecule has 2 aromatic carbocycles. The zero-order valence-electron chi connectivity index (χ0n) is 14.2. The highest BCUT2D eigenvalue weighted by Crippen LogP contribution is 2.24. The van der Waals surface area contributed by atoms with E-state index in [1.54, 1.807) is 24.3 Å². The molecule has 1 heterocycles. The predicted molar refractivity (Wildman–Crippen MR) is 92.2 cm³/mol. The van der Waals surface area contributed by atoms with Crippen LogP contribution in [-0.4, -0.2) is 36.3 Å². The molecule has 5 heteroatoms. The standard InChI is InChI=1S/C20H19NO4/c1-13-7-9-14(10-8-13)11-15(20(24)25-2)12-21-18(22)16-5-3-4-6-17(16)19(21)23/h3-10,15H,11-12H2,1-2H3. The van der Waals surface area contributed by atoms with Crippen LogP contribution in [0, 0.1) is 12.8 Å². The van der Waals surface area contributed by atoms with Crippen LogP contribution in [0.2, 0.25) is 0 Å². The van der Waals surface area contributed by atoms with Crippen LogP contribution in [0.3, 0.4) is 0 Å². The second kappa shape index (κ2) is 6.89. The van der Waals surface area contributed by atoms with Crippen LogP contribution >= 0.6 is 0 Å². The van der Waals surface area contributed by atoms with Gasteiger partial charge in [0.2, 0.25) is 0 Å². The van der Waals surface area contributed by atoms with Crippen molar-refractivity contribution in [1.82, 2.24) is 4.90 Å². The van der Waals surface area contributed by atoms with Crippen LogP contribution in [0.4, 0.5) is 0 Å². The van der Waals surface area contributed by atoms with Gasteiger partial charge in [-0.25, -0.2) is 0 Å². The maximum absolute atomic E-state index is 12.5. The van der Waals surface area contributed by atoms with Crippen LogP contribution in [0.5, 0.6) is 0 Å². The zero-order valence-corrected chi connectivity index (χ0v) is 14.2. The molecular weight excluding hydrogens is 318 g/mol. The molecule has 25 heavy (non-hydrogen) atoms. The lowest BCUT2D eigenvalue weighted by Crippen LogP contribution is -2.38. The van der Waals surface area contributed by atoms with Gasteiger partial charge >= 0.3 is 5.97 Å². The number of hydrogen-bond donors (Lipinski definition) is 0. The number of fused-ring (bicyclic) bond motifs is 1. The number of hydrogen-bond acceptors (Lipinski definition) is 4. The fourth-order valence-electron chi connectivity index (χ4n) is 3.02. The molecule has 128 valence electrons. The summed E-state index contributed by atoms with van der Waals surface area (Å²) in [6.07, 6.45) is 0.403. The second-order valence-electron chi connectivity index (χ2n) is 6.18. The Morgan fingerprint density at radius 3 is 2.08 bits per heavy atom. The Balaban J connectivity index is 1.82. The highest BCUT2D eigenvalue weighted by Gasteiger charge is 2.37. The quantitative estimate of drug-likeness (QED) is 0.621. The van der Waals surface area contributed by atoms with E-state index in [9.17, 15) is 14.4 Å². The molecule has 0 aromatic heterocycles. The third kappa shape index (κ3) is 3.31. The van der Waals surface area contributed by atoms with Crippen LogP contribution in [-0.2, 0) is 16.0 Å². The smallest absolute Gasteiger partial charge is 0.310 e. The van der Waals surface area contributed by atoms with E-state index in [-0.39, 0.29) is 18.4 Å². The lowest BCUT2D eigenvalue weighted by Gasteiger charge is -2.21. The molecular formula is C20H19NO4. The van der Waals surface area contributed by atoms with Gasteiger partial charge in [0, 0.05) is 6.54 Å². The number of methoxy groups -OCH3 is 1. The molecule has 2 aromatic rings. The van der Waals surface area contributed by atoms with Crippen molar-refractivity contribution in [2.45, 2.75) is 13.3 Å². The van der Waals surface area contributed by atoms with Gasteiger partial charge in [-0.2, -0.15) is 0 Å². The Morgan fingerprint density at radius 1 is 1.00 bits per heavy atom. The van der Waals surface area contributed by atoms with Crippen LogP contribution in [0.25, 0.3) is 0 Å². The number of amides is 2. The predicted octanol–water partition coefficient (Wildman–Crippen LogP) is 2.62. The first-order chi connectivity index (χ1) is 12.0. The molecule has 0 spiro atoms. The molecule has 1 atom stereocenters. The number of benzene rings is 2. The monoisotopic (exact) mass is 337 g/mol. The van der Waals surface area contributed by atoms with Gasteiger partial charge in [-0.3, -0.25) is 19.3 Å².